The van der Waals surface area contributed by atoms with E-state index in [1.807, 2.05) is 20.8 Å². The zero-order valence-electron chi connectivity index (χ0n) is 7.01. The fourth-order valence-corrected chi connectivity index (χ4v) is 1.92. The van der Waals surface area contributed by atoms with Crippen LogP contribution in [0.5, 0.6) is 0 Å². The number of epoxide rings is 1. The molecular weight excluding hydrogens is 144 g/mol. The van der Waals surface area contributed by atoms with Crippen molar-refractivity contribution >= 4 is 5.97 Å². The van der Waals surface area contributed by atoms with Crippen LogP contribution in [0.1, 0.15) is 27.2 Å². The molecule has 0 spiro atoms. The summed E-state index contributed by atoms with van der Waals surface area (Å²) in [7, 11) is 0. The number of hydrogen-bond donors (Lipinski definition) is 0. The number of ether oxygens (including phenoxy) is 2. The molecule has 2 heterocycles. The van der Waals surface area contributed by atoms with Gasteiger partial charge in [-0.05, 0) is 20.8 Å². The van der Waals surface area contributed by atoms with E-state index >= 15 is 0 Å². The number of carbonyl (C=O) groups is 1. The first kappa shape index (κ1) is 7.10. The van der Waals surface area contributed by atoms with Crippen LogP contribution in [0.2, 0.25) is 0 Å². The van der Waals surface area contributed by atoms with Gasteiger partial charge in [0.1, 0.15) is 17.3 Å². The summed E-state index contributed by atoms with van der Waals surface area (Å²) in [6.45, 7) is 5.74. The molecular formula is C8H12O3. The van der Waals surface area contributed by atoms with E-state index in [2.05, 4.69) is 0 Å². The van der Waals surface area contributed by atoms with Gasteiger partial charge in [-0.25, -0.2) is 0 Å². The Labute approximate surface area is 65.7 Å². The minimum atomic E-state index is -0.427. The van der Waals surface area contributed by atoms with Gasteiger partial charge in [0.15, 0.2) is 0 Å². The molecule has 2 saturated heterocycles. The van der Waals surface area contributed by atoms with Crippen LogP contribution in [0.25, 0.3) is 0 Å². The highest BCUT2D eigenvalue weighted by Gasteiger charge is 2.65. The lowest BCUT2D eigenvalue weighted by molar-refractivity contribution is -0.161. The summed E-state index contributed by atoms with van der Waals surface area (Å²) in [5.74, 6) is -0.147. The molecule has 0 aromatic carbocycles. The number of rotatable bonds is 0. The van der Waals surface area contributed by atoms with Crippen LogP contribution in [-0.2, 0) is 14.3 Å². The third kappa shape index (κ3) is 0.872. The van der Waals surface area contributed by atoms with E-state index in [0.29, 0.717) is 6.42 Å². The third-order valence-corrected chi connectivity index (χ3v) is 2.39. The van der Waals surface area contributed by atoms with Crippen molar-refractivity contribution in [3.63, 3.8) is 0 Å². The summed E-state index contributed by atoms with van der Waals surface area (Å²) in [6, 6.07) is 0. The molecule has 0 bridgehead atoms. The average Bonchev–Trinajstić information content (AvgIpc) is 2.37. The fourth-order valence-electron chi connectivity index (χ4n) is 1.92. The first-order chi connectivity index (χ1) is 4.94. The maximum absolute atomic E-state index is 11.0. The Bertz CT molecular complexity index is 221. The van der Waals surface area contributed by atoms with Crippen LogP contribution < -0.4 is 0 Å². The van der Waals surface area contributed by atoms with E-state index < -0.39 is 5.60 Å². The van der Waals surface area contributed by atoms with Crippen molar-refractivity contribution in [2.75, 3.05) is 0 Å². The van der Waals surface area contributed by atoms with Gasteiger partial charge in [0.2, 0.25) is 0 Å². The molecule has 2 aliphatic rings. The van der Waals surface area contributed by atoms with Crippen LogP contribution >= 0.6 is 0 Å². The molecule has 0 aromatic heterocycles. The normalized spacial score (nSPS) is 46.1. The van der Waals surface area contributed by atoms with Gasteiger partial charge in [0.25, 0.3) is 0 Å². The Morgan fingerprint density at radius 3 is 2.64 bits per heavy atom. The van der Waals surface area contributed by atoms with Gasteiger partial charge in [-0.2, -0.15) is 0 Å². The van der Waals surface area contributed by atoms with Gasteiger partial charge in [-0.15, -0.1) is 0 Å². The van der Waals surface area contributed by atoms with E-state index in [1.54, 1.807) is 0 Å². The van der Waals surface area contributed by atoms with Crippen molar-refractivity contribution < 1.29 is 14.3 Å². The van der Waals surface area contributed by atoms with Gasteiger partial charge >= 0.3 is 5.97 Å². The second-order valence-corrected chi connectivity index (χ2v) is 4.06. The second-order valence-electron chi connectivity index (χ2n) is 4.06. The van der Waals surface area contributed by atoms with Crippen molar-refractivity contribution in [3.8, 4) is 0 Å². The Kier molecular flexibility index (Phi) is 1.04. The van der Waals surface area contributed by atoms with Crippen LogP contribution in [-0.4, -0.2) is 23.3 Å². The van der Waals surface area contributed by atoms with E-state index in [-0.39, 0.29) is 17.7 Å². The lowest BCUT2D eigenvalue weighted by atomic mass is 9.90. The van der Waals surface area contributed by atoms with Gasteiger partial charge < -0.3 is 9.47 Å². The number of esters is 1. The van der Waals surface area contributed by atoms with E-state index in [4.69, 9.17) is 9.47 Å². The summed E-state index contributed by atoms with van der Waals surface area (Å²) >= 11 is 0. The van der Waals surface area contributed by atoms with E-state index in [1.165, 1.54) is 0 Å². The Morgan fingerprint density at radius 2 is 2.09 bits per heavy atom. The summed E-state index contributed by atoms with van der Waals surface area (Å²) in [6.07, 6.45) is 0.508. The first-order valence-electron chi connectivity index (χ1n) is 3.84. The quantitative estimate of drug-likeness (QED) is 0.386. The van der Waals surface area contributed by atoms with Crippen molar-refractivity contribution in [3.05, 3.63) is 0 Å². The predicted octanol–water partition coefficient (Wildman–Crippen LogP) is 0.869. The van der Waals surface area contributed by atoms with Gasteiger partial charge in [-0.1, -0.05) is 0 Å². The summed E-state index contributed by atoms with van der Waals surface area (Å²) in [4.78, 5) is 11.0. The van der Waals surface area contributed by atoms with Crippen molar-refractivity contribution in [1.82, 2.24) is 0 Å². The largest absolute Gasteiger partial charge is 0.457 e. The van der Waals surface area contributed by atoms with Crippen LogP contribution in [0.4, 0.5) is 0 Å². The molecule has 0 radical (unpaired) electrons. The van der Waals surface area contributed by atoms with E-state index in [0.717, 1.165) is 0 Å². The highest BCUT2D eigenvalue weighted by Crippen LogP contribution is 2.50. The standard InChI is InChI=1S/C8H12O3/c1-7(2)6-8(3,11-6)4-5(9)10-7/h6H,4H2,1-3H3/t6-,8+/m1/s1. The summed E-state index contributed by atoms with van der Waals surface area (Å²) < 4.78 is 10.5. The number of fused-ring (bicyclic) bond motifs is 1. The molecule has 2 atom stereocenters. The minimum absolute atomic E-state index is 0.104. The fraction of sp³-hybridized carbons (Fsp3) is 0.875. The number of carbonyl (C=O) groups excluding carboxylic acids is 1. The van der Waals surface area contributed by atoms with Crippen LogP contribution in [0.3, 0.4) is 0 Å². The molecule has 2 aliphatic heterocycles. The lowest BCUT2D eigenvalue weighted by Gasteiger charge is -2.28. The van der Waals surface area contributed by atoms with Crippen molar-refractivity contribution in [2.45, 2.75) is 44.5 Å². The Morgan fingerprint density at radius 1 is 1.45 bits per heavy atom. The highest BCUT2D eigenvalue weighted by atomic mass is 16.7. The van der Waals surface area contributed by atoms with Crippen LogP contribution in [0.15, 0.2) is 0 Å². The number of hydrogen-bond acceptors (Lipinski definition) is 3. The molecule has 0 unspecified atom stereocenters. The highest BCUT2D eigenvalue weighted by molar-refractivity contribution is 5.73. The van der Waals surface area contributed by atoms with Crippen molar-refractivity contribution in [2.24, 2.45) is 0 Å². The van der Waals surface area contributed by atoms with Gasteiger partial charge in [0, 0.05) is 0 Å². The second kappa shape index (κ2) is 1.61. The zero-order valence-corrected chi connectivity index (χ0v) is 7.01. The Hall–Kier alpha value is -0.570. The molecule has 2 fully saturated rings. The molecule has 11 heavy (non-hydrogen) atoms. The smallest absolute Gasteiger partial charge is 0.309 e. The molecule has 3 nitrogen and oxygen atoms in total. The monoisotopic (exact) mass is 156 g/mol. The zero-order chi connectivity index (χ0) is 8.28. The number of cyclic esters (lactones) is 1. The summed E-state index contributed by atoms with van der Waals surface area (Å²) in [5.41, 5.74) is -0.650. The molecule has 2 rings (SSSR count). The minimum Gasteiger partial charge on any atom is -0.457 e. The molecule has 0 saturated carbocycles. The molecule has 0 amide bonds. The maximum Gasteiger partial charge on any atom is 0.309 e. The lowest BCUT2D eigenvalue weighted by Crippen LogP contribution is -2.43. The van der Waals surface area contributed by atoms with Gasteiger partial charge in [0.05, 0.1) is 6.42 Å². The van der Waals surface area contributed by atoms with Crippen LogP contribution in [0, 0.1) is 0 Å². The predicted molar refractivity (Wildman–Crippen MR) is 38.1 cm³/mol. The molecule has 0 aliphatic carbocycles. The SMILES string of the molecule is CC1(C)OC(=O)C[C@]2(C)O[C@H]12. The van der Waals surface area contributed by atoms with Gasteiger partial charge in [-0.3, -0.25) is 4.79 Å². The third-order valence-electron chi connectivity index (χ3n) is 2.39. The molecule has 62 valence electrons. The molecule has 3 heteroatoms. The van der Waals surface area contributed by atoms with E-state index in [9.17, 15) is 4.79 Å². The molecule has 0 aromatic rings. The first-order valence-corrected chi connectivity index (χ1v) is 3.84. The molecule has 0 N–H and O–H groups in total. The maximum atomic E-state index is 11.0. The Balaban J connectivity index is 2.24. The average molecular weight is 156 g/mol. The summed E-state index contributed by atoms with van der Waals surface area (Å²) in [5, 5.41) is 0. The van der Waals surface area contributed by atoms with Crippen molar-refractivity contribution in [1.29, 1.82) is 0 Å². The topological polar surface area (TPSA) is 38.8 Å².